The van der Waals surface area contributed by atoms with Crippen molar-refractivity contribution >= 4 is 52.7 Å². The third-order valence-corrected chi connectivity index (χ3v) is 8.60. The summed E-state index contributed by atoms with van der Waals surface area (Å²) in [5, 5.41) is 0.602. The molecular weight excluding hydrogens is 649 g/mol. The van der Waals surface area contributed by atoms with Crippen molar-refractivity contribution < 1.29 is 28.2 Å². The Bertz CT molecular complexity index is 1910. The Morgan fingerprint density at radius 3 is 2.31 bits per heavy atom. The number of carbonyl (C=O) groups excluding carboxylic acids is 3. The predicted octanol–water partition coefficient (Wildman–Crippen LogP) is 6.74. The van der Waals surface area contributed by atoms with E-state index in [1.54, 1.807) is 81.6 Å². The van der Waals surface area contributed by atoms with Crippen LogP contribution >= 0.6 is 11.6 Å². The average Bonchev–Trinajstić information content (AvgIpc) is 3.71. The van der Waals surface area contributed by atoms with Crippen molar-refractivity contribution in [1.82, 2.24) is 4.98 Å². The van der Waals surface area contributed by atoms with Gasteiger partial charge in [0.15, 0.2) is 16.8 Å². The molecule has 0 saturated heterocycles. The monoisotopic (exact) mass is 687 g/mol. The van der Waals surface area contributed by atoms with Crippen LogP contribution < -0.4 is 5.43 Å². The predicted molar refractivity (Wildman–Crippen MR) is 188 cm³/mol. The number of nitrogens with one attached hydrogen (secondary N) is 1. The number of aromatic amines is 1. The van der Waals surface area contributed by atoms with Crippen LogP contribution in [-0.2, 0) is 31.9 Å². The Morgan fingerprint density at radius 1 is 1.00 bits per heavy atom. The number of aromatic nitrogens is 1. The molecule has 1 aromatic heterocycles. The number of pyridine rings is 1. The molecule has 9 nitrogen and oxygen atoms in total. The second kappa shape index (κ2) is 14.4. The number of hydrogen-bond acceptors (Lipinski definition) is 8. The molecule has 0 fully saturated rings. The zero-order chi connectivity index (χ0) is 35.4. The number of nitrogens with zero attached hydrogens (tertiary/aromatic N) is 2. The maximum absolute atomic E-state index is 15.1. The average molecular weight is 688 g/mol. The molecule has 0 aliphatic carbocycles. The number of fused-ring (bicyclic) bond motifs is 1. The van der Waals surface area contributed by atoms with Crippen LogP contribution in [0.5, 0.6) is 0 Å². The molecule has 0 saturated carbocycles. The first-order valence-corrected chi connectivity index (χ1v) is 16.6. The summed E-state index contributed by atoms with van der Waals surface area (Å²) < 4.78 is 26.2. The topological polar surface area (TPSA) is 127 Å². The van der Waals surface area contributed by atoms with Crippen LogP contribution in [0.2, 0.25) is 5.02 Å². The summed E-state index contributed by atoms with van der Waals surface area (Å²) in [5.41, 5.74) is -2.57. The molecule has 3 atom stereocenters. The fourth-order valence-corrected chi connectivity index (χ4v) is 6.19. The fraction of sp³-hybridized carbons (Fsp3) is 0.368. The number of aryl methyl sites for hydroxylation is 1. The summed E-state index contributed by atoms with van der Waals surface area (Å²) in [5.74, 6) is -2.27. The lowest BCUT2D eigenvalue weighted by molar-refractivity contribution is -0.160. The fourth-order valence-electron chi connectivity index (χ4n) is 6.07. The molecule has 3 heterocycles. The number of aliphatic imine (C=N–C) groups is 2. The van der Waals surface area contributed by atoms with Gasteiger partial charge in [0.2, 0.25) is 0 Å². The molecule has 2 aliphatic rings. The number of H-pyrrole nitrogens is 1. The zero-order valence-electron chi connectivity index (χ0n) is 27.9. The van der Waals surface area contributed by atoms with E-state index < -0.39 is 45.6 Å². The van der Waals surface area contributed by atoms with Crippen LogP contribution in [-0.4, -0.2) is 58.4 Å². The Balaban J connectivity index is 1.21. The molecule has 11 heteroatoms. The zero-order valence-corrected chi connectivity index (χ0v) is 28.7. The minimum atomic E-state index is -1.32. The number of Topliss-reactive ketones (excluding diaryl/α,β-unsaturated/α-hetero) is 1. The highest BCUT2D eigenvalue weighted by Gasteiger charge is 2.42. The van der Waals surface area contributed by atoms with E-state index in [0.717, 1.165) is 5.56 Å². The number of carbonyl (C=O) groups is 3. The maximum atomic E-state index is 15.1. The van der Waals surface area contributed by atoms with Gasteiger partial charge in [0.25, 0.3) is 0 Å². The van der Waals surface area contributed by atoms with Crippen LogP contribution in [0, 0.1) is 11.7 Å². The molecular formula is C38H39ClFN3O6. The molecule has 3 unspecified atom stereocenters. The van der Waals surface area contributed by atoms with Crippen molar-refractivity contribution in [2.24, 2.45) is 15.9 Å². The summed E-state index contributed by atoms with van der Waals surface area (Å²) in [4.78, 5) is 64.6. The van der Waals surface area contributed by atoms with Crippen LogP contribution in [0.1, 0.15) is 68.4 Å². The quantitative estimate of drug-likeness (QED) is 0.121. The molecule has 2 aliphatic heterocycles. The molecule has 0 radical (unpaired) electrons. The number of ether oxygens (including phenoxy) is 2. The lowest BCUT2D eigenvalue weighted by Crippen LogP contribution is -2.41. The Labute approximate surface area is 289 Å². The van der Waals surface area contributed by atoms with Gasteiger partial charge in [-0.15, -0.1) is 0 Å². The van der Waals surface area contributed by atoms with Crippen LogP contribution in [0.15, 0.2) is 81.7 Å². The van der Waals surface area contributed by atoms with Crippen molar-refractivity contribution in [3.8, 4) is 0 Å². The number of ketones is 1. The van der Waals surface area contributed by atoms with Crippen molar-refractivity contribution in [1.29, 1.82) is 0 Å². The van der Waals surface area contributed by atoms with Gasteiger partial charge in [0.05, 0.1) is 17.7 Å². The number of rotatable bonds is 13. The first-order chi connectivity index (χ1) is 23.2. The normalized spacial score (nSPS) is 20.2. The number of allylic oxidation sites excluding steroid dienone is 2. The summed E-state index contributed by atoms with van der Waals surface area (Å²) in [6, 6.07) is 9.92. The standard InChI is InChI=1S/C38H39ClFN3O6/c1-24(21-38(14-7-16-43-38)35(47)49-36(2,3)4)18-31(44)48-17-5-8-26-19-28-32(30(40)20-26)41-23-29(33(28)45)34(46)37(13-6-15-42-37)22-25-9-11-27(39)12-10-25/h6-7,9-16,19-20,23-24H,5,8,17-18,21-22H2,1-4H3,(H,41,45). The molecule has 2 aromatic carbocycles. The lowest BCUT2D eigenvalue weighted by atomic mass is 9.84. The molecule has 3 aromatic rings. The Morgan fingerprint density at radius 2 is 1.67 bits per heavy atom. The van der Waals surface area contributed by atoms with Crippen LogP contribution in [0.3, 0.4) is 0 Å². The summed E-state index contributed by atoms with van der Waals surface area (Å²) in [6.45, 7) is 7.28. The first kappa shape index (κ1) is 35.6. The SMILES string of the molecule is CC(CC(=O)OCCCc1cc(F)c2[nH]cc(C(=O)C3(Cc4ccc(Cl)cc4)C=CC=N3)c(=O)c2c1)CC1(C(=O)OC(C)(C)C)C=CC=N1. The van der Waals surface area contributed by atoms with Crippen molar-refractivity contribution in [3.05, 3.63) is 105 Å². The minimum Gasteiger partial charge on any atom is -0.466 e. The van der Waals surface area contributed by atoms with Gasteiger partial charge in [0, 0.05) is 41.9 Å². The Kier molecular flexibility index (Phi) is 10.5. The summed E-state index contributed by atoms with van der Waals surface area (Å²) in [6.07, 6.45) is 12.3. The van der Waals surface area contributed by atoms with E-state index in [1.807, 2.05) is 6.92 Å². The van der Waals surface area contributed by atoms with E-state index in [1.165, 1.54) is 18.5 Å². The Hall–Kier alpha value is -4.70. The number of hydrogen-bond donors (Lipinski definition) is 1. The molecule has 0 spiro atoms. The van der Waals surface area contributed by atoms with E-state index in [2.05, 4.69) is 15.0 Å². The highest BCUT2D eigenvalue weighted by atomic mass is 35.5. The number of benzene rings is 2. The van der Waals surface area contributed by atoms with Gasteiger partial charge in [-0.1, -0.05) is 30.7 Å². The second-order valence-corrected chi connectivity index (χ2v) is 14.1. The smallest absolute Gasteiger partial charge is 0.338 e. The minimum absolute atomic E-state index is 0.00599. The molecule has 5 rings (SSSR count). The van der Waals surface area contributed by atoms with Crippen molar-refractivity contribution in [2.75, 3.05) is 6.61 Å². The highest BCUT2D eigenvalue weighted by Crippen LogP contribution is 2.31. The van der Waals surface area contributed by atoms with Gasteiger partial charge in [-0.25, -0.2) is 9.18 Å². The van der Waals surface area contributed by atoms with Crippen LogP contribution in [0.4, 0.5) is 4.39 Å². The van der Waals surface area contributed by atoms with Gasteiger partial charge < -0.3 is 14.5 Å². The number of halogens is 2. The van der Waals surface area contributed by atoms with E-state index >= 15 is 4.39 Å². The van der Waals surface area contributed by atoms with E-state index in [9.17, 15) is 19.2 Å². The van der Waals surface area contributed by atoms with Gasteiger partial charge in [-0.3, -0.25) is 24.4 Å². The molecule has 1 N–H and O–H groups in total. The lowest BCUT2D eigenvalue weighted by Gasteiger charge is -2.29. The molecule has 0 bridgehead atoms. The summed E-state index contributed by atoms with van der Waals surface area (Å²) >= 11 is 6.02. The highest BCUT2D eigenvalue weighted by molar-refractivity contribution is 6.30. The maximum Gasteiger partial charge on any atom is 0.338 e. The van der Waals surface area contributed by atoms with Gasteiger partial charge in [0.1, 0.15) is 17.0 Å². The van der Waals surface area contributed by atoms with E-state index in [-0.39, 0.29) is 48.3 Å². The third-order valence-electron chi connectivity index (χ3n) is 8.35. The number of esters is 2. The van der Waals surface area contributed by atoms with Crippen molar-refractivity contribution in [3.63, 3.8) is 0 Å². The second-order valence-electron chi connectivity index (χ2n) is 13.6. The van der Waals surface area contributed by atoms with Crippen molar-refractivity contribution in [2.45, 2.75) is 76.5 Å². The van der Waals surface area contributed by atoms with Gasteiger partial charge >= 0.3 is 11.9 Å². The van der Waals surface area contributed by atoms with Gasteiger partial charge in [-0.05, 0) is 106 Å². The van der Waals surface area contributed by atoms with Crippen LogP contribution in [0.25, 0.3) is 10.9 Å². The molecule has 0 amide bonds. The molecule has 49 heavy (non-hydrogen) atoms. The van der Waals surface area contributed by atoms with Gasteiger partial charge in [-0.2, -0.15) is 0 Å². The third kappa shape index (κ3) is 8.31. The molecule has 256 valence electrons. The largest absolute Gasteiger partial charge is 0.466 e. The van der Waals surface area contributed by atoms with E-state index in [0.29, 0.717) is 23.4 Å². The first-order valence-electron chi connectivity index (χ1n) is 16.2. The summed E-state index contributed by atoms with van der Waals surface area (Å²) in [7, 11) is 0. The van der Waals surface area contributed by atoms with E-state index in [4.69, 9.17) is 21.1 Å².